The molecular formula is C15H13FO3. The van der Waals surface area contributed by atoms with Crippen molar-refractivity contribution in [3.63, 3.8) is 0 Å². The fourth-order valence-electron chi connectivity index (χ4n) is 1.71. The molecule has 0 bridgehead atoms. The van der Waals surface area contributed by atoms with Crippen LogP contribution in [0, 0.1) is 19.7 Å². The second kappa shape index (κ2) is 5.10. The first-order valence-electron chi connectivity index (χ1n) is 5.76. The van der Waals surface area contributed by atoms with Gasteiger partial charge in [0.2, 0.25) is 0 Å². The smallest absolute Gasteiger partial charge is 0.339 e. The van der Waals surface area contributed by atoms with Crippen molar-refractivity contribution in [3.05, 3.63) is 58.9 Å². The summed E-state index contributed by atoms with van der Waals surface area (Å²) in [5.74, 6) is -1.73. The third kappa shape index (κ3) is 2.73. The Morgan fingerprint density at radius 2 is 1.95 bits per heavy atom. The van der Waals surface area contributed by atoms with Gasteiger partial charge in [0.1, 0.15) is 11.3 Å². The summed E-state index contributed by atoms with van der Waals surface area (Å²) in [5, 5.41) is 9.05. The van der Waals surface area contributed by atoms with E-state index >= 15 is 0 Å². The van der Waals surface area contributed by atoms with Crippen LogP contribution in [0.15, 0.2) is 36.4 Å². The number of carboxylic acids is 1. The Bertz CT molecular complexity index is 635. The molecule has 0 aromatic heterocycles. The molecule has 19 heavy (non-hydrogen) atoms. The van der Waals surface area contributed by atoms with Crippen molar-refractivity contribution in [2.75, 3.05) is 0 Å². The number of carbonyl (C=O) groups is 1. The zero-order chi connectivity index (χ0) is 14.0. The first kappa shape index (κ1) is 13.1. The van der Waals surface area contributed by atoms with E-state index in [1.54, 1.807) is 6.07 Å². The van der Waals surface area contributed by atoms with Gasteiger partial charge in [-0.05, 0) is 43.2 Å². The van der Waals surface area contributed by atoms with Gasteiger partial charge in [-0.15, -0.1) is 0 Å². The Balaban J connectivity index is 2.49. The maximum Gasteiger partial charge on any atom is 0.339 e. The number of carboxylic acid groups (broad SMARTS) is 1. The first-order chi connectivity index (χ1) is 8.99. The van der Waals surface area contributed by atoms with Gasteiger partial charge in [-0.3, -0.25) is 0 Å². The topological polar surface area (TPSA) is 46.5 Å². The molecule has 0 heterocycles. The number of para-hydroxylation sites is 1. The first-order valence-corrected chi connectivity index (χ1v) is 5.76. The quantitative estimate of drug-likeness (QED) is 0.909. The van der Waals surface area contributed by atoms with Gasteiger partial charge in [-0.2, -0.15) is 0 Å². The molecule has 2 aromatic rings. The molecule has 0 atom stereocenters. The molecule has 2 rings (SSSR count). The summed E-state index contributed by atoms with van der Waals surface area (Å²) in [7, 11) is 0. The number of halogens is 1. The lowest BCUT2D eigenvalue weighted by atomic mass is 10.1. The molecule has 0 saturated carbocycles. The molecule has 0 saturated heterocycles. The molecular weight excluding hydrogens is 247 g/mol. The van der Waals surface area contributed by atoms with Crippen LogP contribution in [0.25, 0.3) is 0 Å². The summed E-state index contributed by atoms with van der Waals surface area (Å²) in [6, 6.07) is 9.31. The van der Waals surface area contributed by atoms with Crippen molar-refractivity contribution in [2.45, 2.75) is 13.8 Å². The van der Waals surface area contributed by atoms with Crippen LogP contribution in [0.4, 0.5) is 4.39 Å². The molecule has 2 aromatic carbocycles. The highest BCUT2D eigenvalue weighted by molar-refractivity contribution is 5.91. The highest BCUT2D eigenvalue weighted by atomic mass is 19.1. The standard InChI is InChI=1S/C15H13FO3/c1-9-6-7-10(2)13(8-9)19-14-11(15(17)18)4-3-5-12(14)16/h3-8H,1-2H3,(H,17,18). The van der Waals surface area contributed by atoms with Crippen molar-refractivity contribution in [3.8, 4) is 11.5 Å². The maximum absolute atomic E-state index is 13.7. The third-order valence-corrected chi connectivity index (χ3v) is 2.75. The molecule has 0 aliphatic rings. The predicted molar refractivity (Wildman–Crippen MR) is 69.3 cm³/mol. The van der Waals surface area contributed by atoms with Crippen molar-refractivity contribution in [1.29, 1.82) is 0 Å². The number of rotatable bonds is 3. The van der Waals surface area contributed by atoms with E-state index in [0.29, 0.717) is 5.75 Å². The number of hydrogen-bond acceptors (Lipinski definition) is 2. The van der Waals surface area contributed by atoms with E-state index in [9.17, 15) is 9.18 Å². The summed E-state index contributed by atoms with van der Waals surface area (Å²) in [5.41, 5.74) is 1.57. The summed E-state index contributed by atoms with van der Waals surface area (Å²) in [4.78, 5) is 11.1. The highest BCUT2D eigenvalue weighted by Crippen LogP contribution is 2.31. The third-order valence-electron chi connectivity index (χ3n) is 2.75. The molecule has 0 unspecified atom stereocenters. The summed E-state index contributed by atoms with van der Waals surface area (Å²) < 4.78 is 19.2. The molecule has 3 nitrogen and oxygen atoms in total. The van der Waals surface area contributed by atoms with Crippen LogP contribution in [0.1, 0.15) is 21.5 Å². The normalized spacial score (nSPS) is 10.3. The van der Waals surface area contributed by atoms with Gasteiger partial charge in [0.15, 0.2) is 11.6 Å². The minimum Gasteiger partial charge on any atom is -0.478 e. The number of aromatic carboxylic acids is 1. The summed E-state index contributed by atoms with van der Waals surface area (Å²) >= 11 is 0. The van der Waals surface area contributed by atoms with Crippen LogP contribution >= 0.6 is 0 Å². The van der Waals surface area contributed by atoms with E-state index in [-0.39, 0.29) is 11.3 Å². The van der Waals surface area contributed by atoms with Crippen LogP contribution in [-0.4, -0.2) is 11.1 Å². The van der Waals surface area contributed by atoms with E-state index in [1.807, 2.05) is 26.0 Å². The van der Waals surface area contributed by atoms with Crippen molar-refractivity contribution < 1.29 is 19.0 Å². The predicted octanol–water partition coefficient (Wildman–Crippen LogP) is 3.93. The van der Waals surface area contributed by atoms with Gasteiger partial charge in [-0.1, -0.05) is 18.2 Å². The van der Waals surface area contributed by atoms with Crippen LogP contribution in [0.3, 0.4) is 0 Å². The molecule has 4 heteroatoms. The Hall–Kier alpha value is -2.36. The molecule has 0 aliphatic carbocycles. The zero-order valence-corrected chi connectivity index (χ0v) is 10.6. The molecule has 0 spiro atoms. The average Bonchev–Trinajstić information content (AvgIpc) is 2.35. The fourth-order valence-corrected chi connectivity index (χ4v) is 1.71. The Kier molecular flexibility index (Phi) is 3.51. The van der Waals surface area contributed by atoms with Gasteiger partial charge in [0, 0.05) is 0 Å². The van der Waals surface area contributed by atoms with Gasteiger partial charge in [0.05, 0.1) is 0 Å². The Labute approximate surface area is 110 Å². The molecule has 0 radical (unpaired) electrons. The maximum atomic E-state index is 13.7. The monoisotopic (exact) mass is 260 g/mol. The lowest BCUT2D eigenvalue weighted by molar-refractivity contribution is 0.0693. The van der Waals surface area contributed by atoms with Crippen molar-refractivity contribution >= 4 is 5.97 Å². The second-order valence-corrected chi connectivity index (χ2v) is 4.29. The highest BCUT2D eigenvalue weighted by Gasteiger charge is 2.17. The number of benzene rings is 2. The zero-order valence-electron chi connectivity index (χ0n) is 10.6. The molecule has 0 fully saturated rings. The SMILES string of the molecule is Cc1ccc(C)c(Oc2c(F)cccc2C(=O)O)c1. The van der Waals surface area contributed by atoms with Crippen molar-refractivity contribution in [1.82, 2.24) is 0 Å². The van der Waals surface area contributed by atoms with Crippen molar-refractivity contribution in [2.24, 2.45) is 0 Å². The number of ether oxygens (including phenoxy) is 1. The largest absolute Gasteiger partial charge is 0.478 e. The van der Waals surface area contributed by atoms with E-state index in [1.165, 1.54) is 18.2 Å². The average molecular weight is 260 g/mol. The Morgan fingerprint density at radius 1 is 1.21 bits per heavy atom. The minimum atomic E-state index is -1.22. The van der Waals surface area contributed by atoms with Gasteiger partial charge >= 0.3 is 5.97 Å². The van der Waals surface area contributed by atoms with E-state index in [4.69, 9.17) is 9.84 Å². The molecule has 1 N–H and O–H groups in total. The van der Waals surface area contributed by atoms with Crippen LogP contribution in [0.5, 0.6) is 11.5 Å². The van der Waals surface area contributed by atoms with Crippen LogP contribution in [0.2, 0.25) is 0 Å². The fraction of sp³-hybridized carbons (Fsp3) is 0.133. The number of aryl methyl sites for hydroxylation is 2. The number of hydrogen-bond donors (Lipinski definition) is 1. The van der Waals surface area contributed by atoms with Gasteiger partial charge < -0.3 is 9.84 Å². The Morgan fingerprint density at radius 3 is 2.63 bits per heavy atom. The molecule has 0 aliphatic heterocycles. The lowest BCUT2D eigenvalue weighted by Crippen LogP contribution is -2.02. The lowest BCUT2D eigenvalue weighted by Gasteiger charge is -2.12. The van der Waals surface area contributed by atoms with Gasteiger partial charge in [0.25, 0.3) is 0 Å². The van der Waals surface area contributed by atoms with Gasteiger partial charge in [-0.25, -0.2) is 9.18 Å². The summed E-state index contributed by atoms with van der Waals surface area (Å²) in [6.45, 7) is 3.70. The molecule has 98 valence electrons. The summed E-state index contributed by atoms with van der Waals surface area (Å²) in [6.07, 6.45) is 0. The van der Waals surface area contributed by atoms with E-state index in [2.05, 4.69) is 0 Å². The molecule has 0 amide bonds. The van der Waals surface area contributed by atoms with E-state index < -0.39 is 11.8 Å². The van der Waals surface area contributed by atoms with Crippen LogP contribution < -0.4 is 4.74 Å². The van der Waals surface area contributed by atoms with E-state index in [0.717, 1.165) is 11.1 Å². The van der Waals surface area contributed by atoms with Crippen LogP contribution in [-0.2, 0) is 0 Å². The second-order valence-electron chi connectivity index (χ2n) is 4.29. The minimum absolute atomic E-state index is 0.194.